The minimum atomic E-state index is -0.661. The van der Waals surface area contributed by atoms with E-state index in [-0.39, 0.29) is 11.7 Å². The van der Waals surface area contributed by atoms with Crippen LogP contribution in [0.4, 0.5) is 4.39 Å². The van der Waals surface area contributed by atoms with Crippen LogP contribution in [0.5, 0.6) is 0 Å². The normalized spacial score (nSPS) is 19.3. The molecule has 0 aliphatic carbocycles. The third-order valence-electron chi connectivity index (χ3n) is 3.93. The maximum atomic E-state index is 13.1. The van der Waals surface area contributed by atoms with E-state index in [0.717, 1.165) is 18.7 Å². The third kappa shape index (κ3) is 3.87. The van der Waals surface area contributed by atoms with Crippen molar-refractivity contribution in [2.24, 2.45) is 0 Å². The van der Waals surface area contributed by atoms with Crippen LogP contribution in [0, 0.1) is 6.92 Å². The molecule has 1 atom stereocenters. The number of carbonyl (C=O) groups is 1. The molecule has 0 amide bonds. The number of benzene rings is 1. The van der Waals surface area contributed by atoms with Gasteiger partial charge in [-0.2, -0.15) is 0 Å². The number of halogens is 1. The first-order valence-electron chi connectivity index (χ1n) is 6.99. The number of nitrogens with zero attached hydrogens (tertiary/aromatic N) is 1. The van der Waals surface area contributed by atoms with Crippen molar-refractivity contribution in [3.05, 3.63) is 35.4 Å². The van der Waals surface area contributed by atoms with Gasteiger partial charge < -0.3 is 4.90 Å². The van der Waals surface area contributed by atoms with Crippen molar-refractivity contribution in [1.29, 1.82) is 0 Å². The summed E-state index contributed by atoms with van der Waals surface area (Å²) < 4.78 is 13.1. The van der Waals surface area contributed by atoms with Gasteiger partial charge in [-0.3, -0.25) is 4.79 Å². The summed E-state index contributed by atoms with van der Waals surface area (Å²) in [6.45, 7) is 5.92. The van der Waals surface area contributed by atoms with E-state index in [4.69, 9.17) is 0 Å². The van der Waals surface area contributed by atoms with Gasteiger partial charge in [0, 0.05) is 19.6 Å². The molecule has 3 heteroatoms. The van der Waals surface area contributed by atoms with E-state index in [1.165, 1.54) is 5.56 Å². The Morgan fingerprint density at radius 2 is 1.89 bits per heavy atom. The number of aryl methyl sites for hydroxylation is 1. The van der Waals surface area contributed by atoms with Gasteiger partial charge in [0.25, 0.3) is 0 Å². The number of rotatable bonds is 4. The highest BCUT2D eigenvalue weighted by Crippen LogP contribution is 2.22. The third-order valence-corrected chi connectivity index (χ3v) is 3.93. The van der Waals surface area contributed by atoms with Crippen LogP contribution in [-0.2, 0) is 4.79 Å². The lowest BCUT2D eigenvalue weighted by Crippen LogP contribution is -2.38. The van der Waals surface area contributed by atoms with Gasteiger partial charge in [-0.15, -0.1) is 0 Å². The summed E-state index contributed by atoms with van der Waals surface area (Å²) >= 11 is 0. The quantitative estimate of drug-likeness (QED) is 0.832. The van der Waals surface area contributed by atoms with Crippen LogP contribution in [0.1, 0.15) is 36.8 Å². The van der Waals surface area contributed by atoms with Crippen LogP contribution >= 0.6 is 0 Å². The molecule has 1 aromatic carbocycles. The highest BCUT2D eigenvalue weighted by molar-refractivity contribution is 5.83. The molecule has 1 saturated heterocycles. The zero-order valence-electron chi connectivity index (χ0n) is 11.7. The highest BCUT2D eigenvalue weighted by atomic mass is 19.1. The van der Waals surface area contributed by atoms with Gasteiger partial charge in [0.05, 0.1) is 5.92 Å². The summed E-state index contributed by atoms with van der Waals surface area (Å²) in [6.07, 6.45) is 0.531. The maximum Gasteiger partial charge on any atom is 0.138 e. The highest BCUT2D eigenvalue weighted by Gasteiger charge is 2.24. The van der Waals surface area contributed by atoms with Crippen LogP contribution in [0.3, 0.4) is 0 Å². The second-order valence-electron chi connectivity index (χ2n) is 5.55. The fourth-order valence-corrected chi connectivity index (χ4v) is 2.61. The van der Waals surface area contributed by atoms with Crippen LogP contribution in [0.2, 0.25) is 0 Å². The lowest BCUT2D eigenvalue weighted by Gasteiger charge is -2.31. The molecule has 104 valence electrons. The minimum Gasteiger partial charge on any atom is -0.302 e. The predicted molar refractivity (Wildman–Crippen MR) is 75.2 cm³/mol. The average molecular weight is 263 g/mol. The molecule has 2 nitrogen and oxygen atoms in total. The largest absolute Gasteiger partial charge is 0.302 e. The molecule has 1 aliphatic heterocycles. The van der Waals surface area contributed by atoms with E-state index in [2.05, 4.69) is 4.90 Å². The van der Waals surface area contributed by atoms with E-state index in [1.54, 1.807) is 6.92 Å². The van der Waals surface area contributed by atoms with E-state index >= 15 is 0 Å². The summed E-state index contributed by atoms with van der Waals surface area (Å²) in [5.41, 5.74) is 2.27. The molecule has 0 bridgehead atoms. The van der Waals surface area contributed by atoms with Crippen molar-refractivity contribution in [3.8, 4) is 0 Å². The number of hydrogen-bond donors (Lipinski definition) is 0. The standard InChI is InChI=1S/C16H22FNO/c1-12-3-5-14(6-4-12)16(13(2)19)11-18-9-7-15(17)8-10-18/h3-6,15-16H,7-11H2,1-2H3/t16-/m0/s1. The Bertz CT molecular complexity index is 421. The Balaban J connectivity index is 2.04. The zero-order chi connectivity index (χ0) is 13.8. The summed E-state index contributed by atoms with van der Waals surface area (Å²) in [5, 5.41) is 0. The topological polar surface area (TPSA) is 20.3 Å². The van der Waals surface area contributed by atoms with Gasteiger partial charge in [0.2, 0.25) is 0 Å². The number of hydrogen-bond acceptors (Lipinski definition) is 2. The zero-order valence-corrected chi connectivity index (χ0v) is 11.7. The van der Waals surface area contributed by atoms with Crippen molar-refractivity contribution < 1.29 is 9.18 Å². The Morgan fingerprint density at radius 3 is 2.42 bits per heavy atom. The molecule has 0 saturated carbocycles. The van der Waals surface area contributed by atoms with Crippen LogP contribution < -0.4 is 0 Å². The first-order chi connectivity index (χ1) is 9.06. The molecule has 2 rings (SSSR count). The van der Waals surface area contributed by atoms with Gasteiger partial charge in [-0.25, -0.2) is 4.39 Å². The van der Waals surface area contributed by atoms with E-state index in [1.807, 2.05) is 31.2 Å². The van der Waals surface area contributed by atoms with Crippen LogP contribution in [-0.4, -0.2) is 36.5 Å². The molecule has 0 unspecified atom stereocenters. The molecular formula is C16H22FNO. The fourth-order valence-electron chi connectivity index (χ4n) is 2.61. The van der Waals surface area contributed by atoms with Crippen LogP contribution in [0.25, 0.3) is 0 Å². The molecule has 1 fully saturated rings. The molecular weight excluding hydrogens is 241 g/mol. The summed E-state index contributed by atoms with van der Waals surface area (Å²) in [7, 11) is 0. The Kier molecular flexibility index (Phi) is 4.70. The molecule has 0 aromatic heterocycles. The van der Waals surface area contributed by atoms with Crippen molar-refractivity contribution in [2.75, 3.05) is 19.6 Å². The van der Waals surface area contributed by atoms with Gasteiger partial charge >= 0.3 is 0 Å². The molecule has 1 aromatic rings. The summed E-state index contributed by atoms with van der Waals surface area (Å²) in [4.78, 5) is 14.1. The molecule has 0 N–H and O–H groups in total. The maximum absolute atomic E-state index is 13.1. The first-order valence-corrected chi connectivity index (χ1v) is 6.99. The first kappa shape index (κ1) is 14.2. The lowest BCUT2D eigenvalue weighted by molar-refractivity contribution is -0.118. The SMILES string of the molecule is CC(=O)[C@H](CN1CCC(F)CC1)c1ccc(C)cc1. The lowest BCUT2D eigenvalue weighted by atomic mass is 9.93. The predicted octanol–water partition coefficient (Wildman–Crippen LogP) is 3.10. The molecule has 0 spiro atoms. The van der Waals surface area contributed by atoms with Crippen LogP contribution in [0.15, 0.2) is 24.3 Å². The monoisotopic (exact) mass is 263 g/mol. The molecule has 1 heterocycles. The number of likely N-dealkylation sites (tertiary alicyclic amines) is 1. The van der Waals surface area contributed by atoms with E-state index < -0.39 is 6.17 Å². The number of piperidine rings is 1. The van der Waals surface area contributed by atoms with E-state index in [9.17, 15) is 9.18 Å². The second kappa shape index (κ2) is 6.29. The fraction of sp³-hybridized carbons (Fsp3) is 0.562. The number of ketones is 1. The second-order valence-corrected chi connectivity index (χ2v) is 5.55. The summed E-state index contributed by atoms with van der Waals surface area (Å²) in [6, 6.07) is 8.14. The van der Waals surface area contributed by atoms with E-state index in [0.29, 0.717) is 19.4 Å². The smallest absolute Gasteiger partial charge is 0.138 e. The van der Waals surface area contributed by atoms with Gasteiger partial charge in [0.15, 0.2) is 0 Å². The molecule has 1 aliphatic rings. The average Bonchev–Trinajstić information content (AvgIpc) is 2.39. The van der Waals surface area contributed by atoms with Gasteiger partial charge in [0.1, 0.15) is 12.0 Å². The van der Waals surface area contributed by atoms with Crippen molar-refractivity contribution >= 4 is 5.78 Å². The summed E-state index contributed by atoms with van der Waals surface area (Å²) in [5.74, 6) is 0.1000. The van der Waals surface area contributed by atoms with Crippen molar-refractivity contribution in [2.45, 2.75) is 38.8 Å². The van der Waals surface area contributed by atoms with Crippen molar-refractivity contribution in [1.82, 2.24) is 4.90 Å². The van der Waals surface area contributed by atoms with Gasteiger partial charge in [-0.1, -0.05) is 29.8 Å². The number of carbonyl (C=O) groups excluding carboxylic acids is 1. The molecule has 19 heavy (non-hydrogen) atoms. The number of Topliss-reactive ketones (excluding diaryl/α,β-unsaturated/α-hetero) is 1. The Hall–Kier alpha value is -1.22. The Labute approximate surface area is 114 Å². The number of alkyl halides is 1. The van der Waals surface area contributed by atoms with Gasteiger partial charge in [-0.05, 0) is 32.3 Å². The molecule has 0 radical (unpaired) electrons. The minimum absolute atomic E-state index is 0.0863. The Morgan fingerprint density at radius 1 is 1.32 bits per heavy atom. The van der Waals surface area contributed by atoms with Crippen molar-refractivity contribution in [3.63, 3.8) is 0 Å².